The van der Waals surface area contributed by atoms with E-state index in [-0.39, 0.29) is 12.3 Å². The summed E-state index contributed by atoms with van der Waals surface area (Å²) >= 11 is 1.76. The largest absolute Gasteiger partial charge is 0.496 e. The Labute approximate surface area is 171 Å². The average molecular weight is 415 g/mol. The summed E-state index contributed by atoms with van der Waals surface area (Å²) in [6.45, 7) is 1.79. The van der Waals surface area contributed by atoms with Crippen LogP contribution in [0.2, 0.25) is 0 Å². The number of methoxy groups -OCH3 is 2. The van der Waals surface area contributed by atoms with E-state index in [4.69, 9.17) is 13.9 Å². The van der Waals surface area contributed by atoms with Gasteiger partial charge in [-0.3, -0.25) is 9.48 Å². The second-order valence-corrected chi connectivity index (χ2v) is 7.80. The Hall–Kier alpha value is -2.94. The lowest BCUT2D eigenvalue weighted by molar-refractivity contribution is -0.115. The molecule has 1 aliphatic heterocycles. The number of hydrogen-bond acceptors (Lipinski definition) is 7. The topological polar surface area (TPSA) is 95.6 Å². The van der Waals surface area contributed by atoms with Gasteiger partial charge in [-0.1, -0.05) is 0 Å². The number of fused-ring (bicyclic) bond motifs is 2. The molecule has 0 atom stereocenters. The molecule has 1 N–H and O–H groups in total. The second kappa shape index (κ2) is 7.47. The first-order valence-corrected chi connectivity index (χ1v) is 10.2. The first-order valence-electron chi connectivity index (χ1n) is 9.03. The van der Waals surface area contributed by atoms with Crippen molar-refractivity contribution < 1.29 is 18.7 Å². The van der Waals surface area contributed by atoms with E-state index < -0.39 is 5.63 Å². The number of carbonyl (C=O) groups excluding carboxylic acids is 1. The molecule has 152 valence electrons. The van der Waals surface area contributed by atoms with Crippen LogP contribution >= 0.6 is 11.8 Å². The van der Waals surface area contributed by atoms with Crippen LogP contribution in [-0.2, 0) is 29.8 Å². The molecule has 0 spiro atoms. The minimum Gasteiger partial charge on any atom is -0.496 e. The van der Waals surface area contributed by atoms with Crippen LogP contribution in [0.5, 0.6) is 11.5 Å². The first kappa shape index (κ1) is 19.4. The molecule has 8 nitrogen and oxygen atoms in total. The van der Waals surface area contributed by atoms with Crippen molar-refractivity contribution in [1.29, 1.82) is 0 Å². The number of amides is 1. The van der Waals surface area contributed by atoms with Crippen molar-refractivity contribution >= 4 is 34.5 Å². The number of benzene rings is 1. The molecule has 1 amide bonds. The normalized spacial score (nSPS) is 12.8. The van der Waals surface area contributed by atoms with Gasteiger partial charge in [0.25, 0.3) is 0 Å². The molecule has 0 bridgehead atoms. The fourth-order valence-corrected chi connectivity index (χ4v) is 4.63. The third kappa shape index (κ3) is 3.35. The smallest absolute Gasteiger partial charge is 0.340 e. The highest BCUT2D eigenvalue weighted by Crippen LogP contribution is 2.35. The van der Waals surface area contributed by atoms with E-state index in [1.54, 1.807) is 42.5 Å². The zero-order valence-corrected chi connectivity index (χ0v) is 17.4. The van der Waals surface area contributed by atoms with E-state index >= 15 is 0 Å². The standard InChI is InChI=1S/C20H21N3O5S/c1-10-12(7-17(24)21-19-13-8-29-9-14(13)22-23(19)2)20(25)28-16-6-11(26-3)5-15(27-4)18(10)16/h5-6H,7-9H2,1-4H3,(H,21,24). The van der Waals surface area contributed by atoms with Gasteiger partial charge in [0.05, 0.1) is 37.3 Å². The molecule has 1 aromatic carbocycles. The predicted molar refractivity (Wildman–Crippen MR) is 111 cm³/mol. The van der Waals surface area contributed by atoms with Crippen molar-refractivity contribution in [3.8, 4) is 11.5 Å². The Bertz CT molecular complexity index is 1180. The maximum atomic E-state index is 12.7. The van der Waals surface area contributed by atoms with E-state index in [9.17, 15) is 9.59 Å². The molecule has 0 radical (unpaired) electrons. The van der Waals surface area contributed by atoms with Crippen LogP contribution in [0.15, 0.2) is 21.3 Å². The highest BCUT2D eigenvalue weighted by molar-refractivity contribution is 7.98. The zero-order chi connectivity index (χ0) is 20.7. The second-order valence-electron chi connectivity index (χ2n) is 6.81. The maximum absolute atomic E-state index is 12.7. The minimum absolute atomic E-state index is 0.105. The van der Waals surface area contributed by atoms with E-state index in [2.05, 4.69) is 10.4 Å². The van der Waals surface area contributed by atoms with Gasteiger partial charge in [-0.05, 0) is 12.5 Å². The van der Waals surface area contributed by atoms with E-state index in [1.807, 2.05) is 0 Å². The molecule has 0 aliphatic carbocycles. The minimum atomic E-state index is -0.550. The molecule has 3 aromatic rings. The molecule has 3 heterocycles. The average Bonchev–Trinajstić information content (AvgIpc) is 3.26. The van der Waals surface area contributed by atoms with Crippen molar-refractivity contribution in [1.82, 2.24) is 9.78 Å². The summed E-state index contributed by atoms with van der Waals surface area (Å²) in [6, 6.07) is 3.35. The van der Waals surface area contributed by atoms with Crippen molar-refractivity contribution in [3.63, 3.8) is 0 Å². The number of rotatable bonds is 5. The van der Waals surface area contributed by atoms with Crippen LogP contribution < -0.4 is 20.4 Å². The lowest BCUT2D eigenvalue weighted by Gasteiger charge is -2.13. The van der Waals surface area contributed by atoms with Crippen LogP contribution in [0.4, 0.5) is 5.82 Å². The van der Waals surface area contributed by atoms with Gasteiger partial charge in [0, 0.05) is 36.2 Å². The van der Waals surface area contributed by atoms with E-state index in [0.717, 1.165) is 22.8 Å². The number of aryl methyl sites for hydroxylation is 2. The van der Waals surface area contributed by atoms with Crippen molar-refractivity contribution in [2.75, 3.05) is 19.5 Å². The van der Waals surface area contributed by atoms with Crippen LogP contribution in [0.1, 0.15) is 22.4 Å². The fraction of sp³-hybridized carbons (Fsp3) is 0.350. The number of thioether (sulfide) groups is 1. The lowest BCUT2D eigenvalue weighted by atomic mass is 10.0. The van der Waals surface area contributed by atoms with Crippen molar-refractivity contribution in [3.05, 3.63) is 44.9 Å². The molecule has 0 fully saturated rings. The third-order valence-electron chi connectivity index (χ3n) is 5.08. The number of hydrogen-bond donors (Lipinski definition) is 1. The van der Waals surface area contributed by atoms with Crippen LogP contribution in [0.3, 0.4) is 0 Å². The molecule has 9 heteroatoms. The third-order valence-corrected chi connectivity index (χ3v) is 6.05. The molecule has 29 heavy (non-hydrogen) atoms. The molecule has 0 unspecified atom stereocenters. The van der Waals surface area contributed by atoms with Gasteiger partial charge in [-0.25, -0.2) is 4.79 Å². The number of ether oxygens (including phenoxy) is 2. The van der Waals surface area contributed by atoms with Crippen LogP contribution in [0, 0.1) is 6.92 Å². The van der Waals surface area contributed by atoms with Gasteiger partial charge in [-0.2, -0.15) is 16.9 Å². The Balaban J connectivity index is 1.69. The number of aromatic nitrogens is 2. The highest BCUT2D eigenvalue weighted by Gasteiger charge is 2.24. The molecule has 4 rings (SSSR count). The van der Waals surface area contributed by atoms with Gasteiger partial charge in [0.1, 0.15) is 22.9 Å². The Morgan fingerprint density at radius 3 is 2.83 bits per heavy atom. The summed E-state index contributed by atoms with van der Waals surface area (Å²) in [5.74, 6) is 3.08. The van der Waals surface area contributed by atoms with Gasteiger partial charge in [0.2, 0.25) is 5.91 Å². The summed E-state index contributed by atoms with van der Waals surface area (Å²) in [5.41, 5.74) is 2.79. The molecule has 0 saturated heterocycles. The van der Waals surface area contributed by atoms with Gasteiger partial charge < -0.3 is 19.2 Å². The lowest BCUT2D eigenvalue weighted by Crippen LogP contribution is -2.22. The molecular weight excluding hydrogens is 394 g/mol. The summed E-state index contributed by atoms with van der Waals surface area (Å²) in [6.07, 6.45) is -0.105. The SMILES string of the molecule is COc1cc(OC)c2c(C)c(CC(=O)Nc3c4c(nn3C)CSC4)c(=O)oc2c1. The first-order chi connectivity index (χ1) is 13.9. The number of nitrogens with zero attached hydrogens (tertiary/aromatic N) is 2. The van der Waals surface area contributed by atoms with Crippen LogP contribution in [0.25, 0.3) is 11.0 Å². The van der Waals surface area contributed by atoms with Gasteiger partial charge in [-0.15, -0.1) is 0 Å². The quantitative estimate of drug-likeness (QED) is 0.640. The van der Waals surface area contributed by atoms with E-state index in [1.165, 1.54) is 14.2 Å². The molecular formula is C20H21N3O5S. The van der Waals surface area contributed by atoms with Crippen molar-refractivity contribution in [2.24, 2.45) is 7.05 Å². The summed E-state index contributed by atoms with van der Waals surface area (Å²) in [4.78, 5) is 25.3. The Morgan fingerprint density at radius 1 is 1.31 bits per heavy atom. The van der Waals surface area contributed by atoms with Gasteiger partial charge >= 0.3 is 5.63 Å². The summed E-state index contributed by atoms with van der Waals surface area (Å²) in [5, 5.41) is 7.99. The van der Waals surface area contributed by atoms with Crippen molar-refractivity contribution in [2.45, 2.75) is 24.9 Å². The zero-order valence-electron chi connectivity index (χ0n) is 16.6. The Kier molecular flexibility index (Phi) is 4.99. The monoisotopic (exact) mass is 415 g/mol. The fourth-order valence-electron chi connectivity index (χ4n) is 3.60. The maximum Gasteiger partial charge on any atom is 0.340 e. The Morgan fingerprint density at radius 2 is 2.10 bits per heavy atom. The predicted octanol–water partition coefficient (Wildman–Crippen LogP) is 2.78. The van der Waals surface area contributed by atoms with E-state index in [0.29, 0.717) is 39.4 Å². The number of anilines is 1. The molecule has 1 aliphatic rings. The van der Waals surface area contributed by atoms with Crippen LogP contribution in [-0.4, -0.2) is 29.9 Å². The summed E-state index contributed by atoms with van der Waals surface area (Å²) in [7, 11) is 4.86. The van der Waals surface area contributed by atoms with Gasteiger partial charge in [0.15, 0.2) is 0 Å². The molecule has 0 saturated carbocycles. The number of carbonyl (C=O) groups is 1. The molecule has 2 aromatic heterocycles. The highest BCUT2D eigenvalue weighted by atomic mass is 32.2. The summed E-state index contributed by atoms with van der Waals surface area (Å²) < 4.78 is 17.8. The number of nitrogens with one attached hydrogen (secondary N) is 1.